The van der Waals surface area contributed by atoms with Gasteiger partial charge in [-0.1, -0.05) is 74.9 Å². The number of ether oxygens (including phenoxy) is 1. The first-order valence-corrected chi connectivity index (χ1v) is 8.29. The smallest absolute Gasteiger partial charge is 0.333 e. The molecule has 1 unspecified atom stereocenters. The van der Waals surface area contributed by atoms with Crippen molar-refractivity contribution in [2.75, 3.05) is 34.3 Å². The van der Waals surface area contributed by atoms with Crippen molar-refractivity contribution in [1.29, 1.82) is 0 Å². The van der Waals surface area contributed by atoms with Gasteiger partial charge in [0.25, 0.3) is 0 Å². The molecular formula is C22H34ClNO3. The molecule has 0 aliphatic heterocycles. The Morgan fingerprint density at radius 3 is 1.93 bits per heavy atom. The van der Waals surface area contributed by atoms with E-state index in [1.54, 1.807) is 19.1 Å². The van der Waals surface area contributed by atoms with Gasteiger partial charge in [-0.15, -0.1) is 0 Å². The molecule has 1 aromatic carbocycles. The number of likely N-dealkylation sites (N-methyl/N-ethyl adjacent to an activating group) is 1. The summed E-state index contributed by atoms with van der Waals surface area (Å²) < 4.78 is 5.44. The molecule has 5 heteroatoms. The minimum absolute atomic E-state index is 0. The van der Waals surface area contributed by atoms with Crippen LogP contribution in [0.2, 0.25) is 0 Å². The average Bonchev–Trinajstić information content (AvgIpc) is 2.59. The molecular weight excluding hydrogens is 362 g/mol. The summed E-state index contributed by atoms with van der Waals surface area (Å²) in [5.41, 5.74) is 1.52. The monoisotopic (exact) mass is 395 g/mol. The molecule has 27 heavy (non-hydrogen) atoms. The Balaban J connectivity index is -0.000000372. The quantitative estimate of drug-likeness (QED) is 0.322. The number of esters is 1. The molecule has 0 aliphatic carbocycles. The third-order valence-electron chi connectivity index (χ3n) is 2.72. The van der Waals surface area contributed by atoms with Crippen molar-refractivity contribution in [3.05, 3.63) is 79.9 Å². The van der Waals surface area contributed by atoms with Gasteiger partial charge in [-0.3, -0.25) is 0 Å². The van der Waals surface area contributed by atoms with Crippen LogP contribution in [-0.2, 0) is 9.53 Å². The zero-order valence-corrected chi connectivity index (χ0v) is 17.8. The number of aliphatic hydroxyl groups is 1. The van der Waals surface area contributed by atoms with E-state index in [0.717, 1.165) is 0 Å². The fourth-order valence-corrected chi connectivity index (χ4v) is 1.57. The normalized spacial score (nSPS) is 10.3. The van der Waals surface area contributed by atoms with E-state index in [4.69, 9.17) is 4.74 Å². The van der Waals surface area contributed by atoms with Crippen LogP contribution in [-0.4, -0.2) is 56.0 Å². The maximum absolute atomic E-state index is 11.0. The number of hydrogen-bond donors (Lipinski definition) is 1. The second-order valence-electron chi connectivity index (χ2n) is 6.59. The largest absolute Gasteiger partial charge is 1.00 e. The predicted molar refractivity (Wildman–Crippen MR) is 112 cm³/mol. The van der Waals surface area contributed by atoms with Crippen molar-refractivity contribution in [2.45, 2.75) is 13.0 Å². The summed E-state index contributed by atoms with van der Waals surface area (Å²) in [4.78, 5) is 11.0. The first kappa shape index (κ1) is 29.6. The molecule has 0 saturated carbocycles. The zero-order valence-electron chi connectivity index (χ0n) is 17.0. The Morgan fingerprint density at radius 2 is 1.63 bits per heavy atom. The number of aliphatic hydroxyl groups excluding tert-OH is 1. The first-order chi connectivity index (χ1) is 12.1. The van der Waals surface area contributed by atoms with Gasteiger partial charge < -0.3 is 26.7 Å². The second-order valence-corrected chi connectivity index (χ2v) is 6.59. The lowest BCUT2D eigenvalue weighted by Crippen LogP contribution is -3.00. The number of halogens is 1. The van der Waals surface area contributed by atoms with Crippen LogP contribution in [0.3, 0.4) is 0 Å². The lowest BCUT2D eigenvalue weighted by molar-refractivity contribution is -0.873. The minimum Gasteiger partial charge on any atom is -1.00 e. The summed E-state index contributed by atoms with van der Waals surface area (Å²) >= 11 is 0. The Bertz CT molecular complexity index is 557. The van der Waals surface area contributed by atoms with Crippen molar-refractivity contribution in [1.82, 2.24) is 0 Å². The van der Waals surface area contributed by atoms with E-state index in [9.17, 15) is 9.90 Å². The van der Waals surface area contributed by atoms with E-state index in [2.05, 4.69) is 26.3 Å². The highest BCUT2D eigenvalue weighted by atomic mass is 35.5. The SMILES string of the molecule is C=C(C)C(=O)OCC(O)C[N+](C)(C)C.C=CC=C.C=Cc1ccccc1.[Cl-]. The van der Waals surface area contributed by atoms with E-state index < -0.39 is 12.1 Å². The number of benzene rings is 1. The number of nitrogens with zero attached hydrogens (tertiary/aromatic N) is 1. The first-order valence-electron chi connectivity index (χ1n) is 8.29. The molecule has 0 aromatic heterocycles. The molecule has 0 spiro atoms. The third-order valence-corrected chi connectivity index (χ3v) is 2.72. The highest BCUT2D eigenvalue weighted by Gasteiger charge is 2.17. The molecule has 0 bridgehead atoms. The highest BCUT2D eigenvalue weighted by molar-refractivity contribution is 5.86. The third kappa shape index (κ3) is 21.8. The van der Waals surface area contributed by atoms with Crippen LogP contribution in [0.15, 0.2) is 74.4 Å². The molecule has 0 saturated heterocycles. The fraction of sp³-hybridized carbons (Fsp3) is 0.318. The van der Waals surface area contributed by atoms with E-state index in [0.29, 0.717) is 16.6 Å². The molecule has 152 valence electrons. The molecule has 0 radical (unpaired) electrons. The molecule has 0 heterocycles. The van der Waals surface area contributed by atoms with Crippen LogP contribution in [0.25, 0.3) is 6.08 Å². The molecule has 0 amide bonds. The molecule has 0 aliphatic rings. The van der Waals surface area contributed by atoms with Crippen LogP contribution < -0.4 is 12.4 Å². The topological polar surface area (TPSA) is 46.5 Å². The molecule has 1 rings (SSSR count). The van der Waals surface area contributed by atoms with Gasteiger partial charge in [-0.2, -0.15) is 0 Å². The van der Waals surface area contributed by atoms with Gasteiger partial charge >= 0.3 is 5.97 Å². The van der Waals surface area contributed by atoms with Crippen molar-refractivity contribution in [3.8, 4) is 0 Å². The van der Waals surface area contributed by atoms with Crippen molar-refractivity contribution < 1.29 is 31.5 Å². The number of allylic oxidation sites excluding steroid dienone is 2. The van der Waals surface area contributed by atoms with Crippen LogP contribution in [0, 0.1) is 0 Å². The van der Waals surface area contributed by atoms with Crippen molar-refractivity contribution >= 4 is 12.0 Å². The Kier molecular flexibility index (Phi) is 19.0. The van der Waals surface area contributed by atoms with Crippen molar-refractivity contribution in [2.24, 2.45) is 0 Å². The van der Waals surface area contributed by atoms with E-state index in [1.807, 2.05) is 57.6 Å². The van der Waals surface area contributed by atoms with Gasteiger partial charge in [0.2, 0.25) is 0 Å². The van der Waals surface area contributed by atoms with Crippen LogP contribution in [0.4, 0.5) is 0 Å². The Labute approximate surface area is 171 Å². The van der Waals surface area contributed by atoms with E-state index in [-0.39, 0.29) is 19.0 Å². The molecule has 0 fully saturated rings. The Hall–Kier alpha value is -2.14. The molecule has 1 N–H and O–H groups in total. The van der Waals surface area contributed by atoms with Crippen LogP contribution >= 0.6 is 0 Å². The van der Waals surface area contributed by atoms with Gasteiger partial charge in [0.15, 0.2) is 0 Å². The van der Waals surface area contributed by atoms with Crippen molar-refractivity contribution in [3.63, 3.8) is 0 Å². The lowest BCUT2D eigenvalue weighted by Gasteiger charge is -2.26. The maximum atomic E-state index is 11.0. The summed E-state index contributed by atoms with van der Waals surface area (Å²) in [6.07, 6.45) is 4.48. The fourth-order valence-electron chi connectivity index (χ4n) is 1.57. The zero-order chi connectivity index (χ0) is 20.6. The van der Waals surface area contributed by atoms with Crippen LogP contribution in [0.5, 0.6) is 0 Å². The van der Waals surface area contributed by atoms with Crippen LogP contribution in [0.1, 0.15) is 12.5 Å². The number of carbonyl (C=O) groups excluding carboxylic acids is 1. The maximum Gasteiger partial charge on any atom is 0.333 e. The molecule has 4 nitrogen and oxygen atoms in total. The Morgan fingerprint density at radius 1 is 1.15 bits per heavy atom. The standard InChI is InChI=1S/C10H20NO3.C8H8.C4H6.ClH/c1-8(2)10(13)14-7-9(12)6-11(3,4)5;1-2-8-6-4-3-5-7-8;1-3-4-2;/h9,12H,1,6-7H2,2-5H3;2-7H,1H2;3-4H,1-2H2;1H/q+1;;;/p-1. The van der Waals surface area contributed by atoms with Gasteiger partial charge in [0.1, 0.15) is 19.3 Å². The summed E-state index contributed by atoms with van der Waals surface area (Å²) in [7, 11) is 5.89. The number of carbonyl (C=O) groups is 1. The van der Waals surface area contributed by atoms with Gasteiger partial charge in [-0.05, 0) is 12.5 Å². The summed E-state index contributed by atoms with van der Waals surface area (Å²) in [5.74, 6) is -0.453. The number of quaternary nitrogens is 1. The minimum atomic E-state index is -0.627. The number of rotatable bonds is 7. The van der Waals surface area contributed by atoms with E-state index >= 15 is 0 Å². The molecule has 1 atom stereocenters. The highest BCUT2D eigenvalue weighted by Crippen LogP contribution is 1.99. The average molecular weight is 396 g/mol. The van der Waals surface area contributed by atoms with Gasteiger partial charge in [0, 0.05) is 5.57 Å². The summed E-state index contributed by atoms with van der Waals surface area (Å²) in [5, 5.41) is 9.49. The van der Waals surface area contributed by atoms with Gasteiger partial charge in [-0.25, -0.2) is 4.79 Å². The second kappa shape index (κ2) is 17.3. The lowest BCUT2D eigenvalue weighted by atomic mass is 10.2. The predicted octanol–water partition coefficient (Wildman–Crippen LogP) is 0.865. The summed E-state index contributed by atoms with van der Waals surface area (Å²) in [6, 6.07) is 10.0. The number of hydrogen-bond acceptors (Lipinski definition) is 3. The van der Waals surface area contributed by atoms with E-state index in [1.165, 1.54) is 5.56 Å². The summed E-state index contributed by atoms with van der Waals surface area (Å²) in [6.45, 7) is 16.0. The van der Waals surface area contributed by atoms with Gasteiger partial charge in [0.05, 0.1) is 21.1 Å². The molecule has 1 aromatic rings.